The van der Waals surface area contributed by atoms with Crippen LogP contribution in [0.25, 0.3) is 0 Å². The Morgan fingerprint density at radius 2 is 2.40 bits per heavy atom. The molecule has 0 saturated heterocycles. The smallest absolute Gasteiger partial charge is 0.0966 e. The number of rotatable bonds is 3. The fraction of sp³-hybridized carbons (Fsp3) is 0. The van der Waals surface area contributed by atoms with Gasteiger partial charge in [0, 0.05) is 11.9 Å². The van der Waals surface area contributed by atoms with Crippen LogP contribution in [0.15, 0.2) is 42.1 Å². The van der Waals surface area contributed by atoms with Gasteiger partial charge in [0.25, 0.3) is 0 Å². The van der Waals surface area contributed by atoms with Gasteiger partial charge in [-0.3, -0.25) is 0 Å². The topological polar surface area (TPSA) is 12.9 Å². The molecule has 0 saturated carbocycles. The van der Waals surface area contributed by atoms with E-state index in [-0.39, 0.29) is 0 Å². The van der Waals surface area contributed by atoms with Crippen LogP contribution in [0.4, 0.5) is 0 Å². The van der Waals surface area contributed by atoms with Crippen molar-refractivity contribution in [1.29, 1.82) is 0 Å². The molecule has 1 aromatic heterocycles. The molecule has 0 aromatic carbocycles. The lowest BCUT2D eigenvalue weighted by Crippen LogP contribution is -1.73. The monoisotopic (exact) mass is 150 g/mol. The largest absolute Gasteiger partial charge is 0.250 e. The van der Waals surface area contributed by atoms with Crippen molar-refractivity contribution in [3.8, 4) is 0 Å². The van der Waals surface area contributed by atoms with Crippen molar-refractivity contribution in [1.82, 2.24) is 4.98 Å². The molecule has 1 radical (unpaired) electrons. The summed E-state index contributed by atoms with van der Waals surface area (Å²) in [6, 6.07) is 5.83. The molecule has 0 spiro atoms. The molecule has 0 unspecified atom stereocenters. The van der Waals surface area contributed by atoms with Crippen molar-refractivity contribution < 1.29 is 0 Å². The van der Waals surface area contributed by atoms with Crippen molar-refractivity contribution in [2.24, 2.45) is 0 Å². The lowest BCUT2D eigenvalue weighted by atomic mass is 10.5. The van der Waals surface area contributed by atoms with Crippen molar-refractivity contribution in [2.45, 2.75) is 5.03 Å². The predicted octanol–water partition coefficient (Wildman–Crippen LogP) is 2.52. The molecule has 1 heterocycles. The highest BCUT2D eigenvalue weighted by atomic mass is 32.2. The molecule has 1 aromatic rings. The quantitative estimate of drug-likeness (QED) is 0.614. The minimum atomic E-state index is 1.00. The Bertz CT molecular complexity index is 196. The molecule has 0 fully saturated rings. The number of thioether (sulfide) groups is 1. The van der Waals surface area contributed by atoms with E-state index < -0.39 is 0 Å². The normalized spacial score (nSPS) is 9.20. The molecule has 0 aliphatic carbocycles. The molecule has 0 N–H and O–H groups in total. The molecule has 10 heavy (non-hydrogen) atoms. The van der Waals surface area contributed by atoms with Crippen LogP contribution in [0.3, 0.4) is 0 Å². The van der Waals surface area contributed by atoms with Gasteiger partial charge in [-0.25, -0.2) is 4.98 Å². The molecule has 1 rings (SSSR count). The molecule has 0 bridgehead atoms. The van der Waals surface area contributed by atoms with E-state index in [4.69, 9.17) is 0 Å². The van der Waals surface area contributed by atoms with E-state index in [0.717, 1.165) is 5.03 Å². The number of hydrogen-bond acceptors (Lipinski definition) is 2. The van der Waals surface area contributed by atoms with Gasteiger partial charge in [-0.15, -0.1) is 6.58 Å². The van der Waals surface area contributed by atoms with E-state index in [0.29, 0.717) is 0 Å². The van der Waals surface area contributed by atoms with Gasteiger partial charge in [-0.1, -0.05) is 23.9 Å². The third kappa shape index (κ3) is 2.23. The molecule has 1 nitrogen and oxygen atoms in total. The number of aromatic nitrogens is 1. The molecule has 0 atom stereocenters. The van der Waals surface area contributed by atoms with Crippen molar-refractivity contribution in [3.05, 3.63) is 42.8 Å². The maximum Gasteiger partial charge on any atom is 0.0966 e. The number of nitrogens with zero attached hydrogens (tertiary/aromatic N) is 1. The first-order valence-corrected chi connectivity index (χ1v) is 3.83. The summed E-state index contributed by atoms with van der Waals surface area (Å²) in [5.41, 5.74) is 0. The Kier molecular flexibility index (Phi) is 3.03. The Labute approximate surface area is 65.2 Å². The van der Waals surface area contributed by atoms with Gasteiger partial charge in [0.15, 0.2) is 0 Å². The van der Waals surface area contributed by atoms with E-state index in [1.54, 1.807) is 24.0 Å². The SMILES string of the molecule is C=C[CH]Sc1ccccn1. The third-order valence-electron chi connectivity index (χ3n) is 0.923. The minimum Gasteiger partial charge on any atom is -0.250 e. The minimum absolute atomic E-state index is 1.00. The molecule has 0 amide bonds. The van der Waals surface area contributed by atoms with E-state index in [1.165, 1.54) is 0 Å². The van der Waals surface area contributed by atoms with Gasteiger partial charge >= 0.3 is 0 Å². The summed E-state index contributed by atoms with van der Waals surface area (Å²) in [6.45, 7) is 3.57. The van der Waals surface area contributed by atoms with Crippen LogP contribution in [0.1, 0.15) is 0 Å². The fourth-order valence-electron chi connectivity index (χ4n) is 0.535. The average molecular weight is 150 g/mol. The fourth-order valence-corrected chi connectivity index (χ4v) is 1.05. The summed E-state index contributed by atoms with van der Waals surface area (Å²) >= 11 is 1.57. The van der Waals surface area contributed by atoms with Crippen LogP contribution in [-0.4, -0.2) is 4.98 Å². The van der Waals surface area contributed by atoms with Gasteiger partial charge in [0.1, 0.15) is 0 Å². The second kappa shape index (κ2) is 4.12. The second-order valence-electron chi connectivity index (χ2n) is 1.66. The van der Waals surface area contributed by atoms with E-state index >= 15 is 0 Å². The van der Waals surface area contributed by atoms with Gasteiger partial charge in [0.05, 0.1) is 5.03 Å². The first-order chi connectivity index (χ1) is 4.93. The molecular formula is C8H8NS. The first kappa shape index (κ1) is 7.35. The molecule has 2 heteroatoms. The summed E-state index contributed by atoms with van der Waals surface area (Å²) in [5.74, 6) is 1.91. The Morgan fingerprint density at radius 1 is 1.50 bits per heavy atom. The van der Waals surface area contributed by atoms with E-state index in [9.17, 15) is 0 Å². The standard InChI is InChI=1S/C8H8NS/c1-2-7-10-8-5-3-4-6-9-8/h2-7H,1H2. The summed E-state index contributed by atoms with van der Waals surface area (Å²) in [4.78, 5) is 4.10. The zero-order valence-corrected chi connectivity index (χ0v) is 6.34. The lowest BCUT2D eigenvalue weighted by Gasteiger charge is -1.92. The maximum atomic E-state index is 4.10. The number of pyridine rings is 1. The Hall–Kier alpha value is -0.760. The van der Waals surface area contributed by atoms with Crippen molar-refractivity contribution in [3.63, 3.8) is 0 Å². The van der Waals surface area contributed by atoms with Crippen molar-refractivity contribution >= 4 is 11.8 Å². The lowest BCUT2D eigenvalue weighted by molar-refractivity contribution is 1.14. The van der Waals surface area contributed by atoms with Crippen LogP contribution in [-0.2, 0) is 0 Å². The van der Waals surface area contributed by atoms with Gasteiger partial charge < -0.3 is 0 Å². The second-order valence-corrected chi connectivity index (χ2v) is 2.58. The van der Waals surface area contributed by atoms with Crippen molar-refractivity contribution in [2.75, 3.05) is 0 Å². The highest BCUT2D eigenvalue weighted by Gasteiger charge is 1.88. The first-order valence-electron chi connectivity index (χ1n) is 2.95. The Morgan fingerprint density at radius 3 is 3.00 bits per heavy atom. The highest BCUT2D eigenvalue weighted by Crippen LogP contribution is 2.16. The average Bonchev–Trinajstić information content (AvgIpc) is 2.03. The van der Waals surface area contributed by atoms with Crippen LogP contribution in [0, 0.1) is 5.75 Å². The Balaban J connectivity index is 2.50. The summed E-state index contributed by atoms with van der Waals surface area (Å²) in [5, 5.41) is 1.00. The zero-order chi connectivity index (χ0) is 7.23. The van der Waals surface area contributed by atoms with Crippen LogP contribution in [0.2, 0.25) is 0 Å². The van der Waals surface area contributed by atoms with Crippen LogP contribution >= 0.6 is 11.8 Å². The van der Waals surface area contributed by atoms with Gasteiger partial charge in [0.2, 0.25) is 0 Å². The summed E-state index contributed by atoms with van der Waals surface area (Å²) in [6.07, 6.45) is 3.53. The molecule has 0 aliphatic heterocycles. The summed E-state index contributed by atoms with van der Waals surface area (Å²) in [7, 11) is 0. The van der Waals surface area contributed by atoms with Gasteiger partial charge in [-0.05, 0) is 12.1 Å². The zero-order valence-electron chi connectivity index (χ0n) is 5.53. The molecule has 0 aliphatic rings. The molecular weight excluding hydrogens is 142 g/mol. The molecule has 51 valence electrons. The van der Waals surface area contributed by atoms with Gasteiger partial charge in [-0.2, -0.15) is 0 Å². The summed E-state index contributed by atoms with van der Waals surface area (Å²) < 4.78 is 0. The third-order valence-corrected chi connectivity index (χ3v) is 1.73. The maximum absolute atomic E-state index is 4.10. The predicted molar refractivity (Wildman–Crippen MR) is 44.6 cm³/mol. The van der Waals surface area contributed by atoms with Crippen LogP contribution in [0.5, 0.6) is 0 Å². The number of hydrogen-bond donors (Lipinski definition) is 0. The van der Waals surface area contributed by atoms with E-state index in [1.807, 2.05) is 24.0 Å². The van der Waals surface area contributed by atoms with Crippen LogP contribution < -0.4 is 0 Å². The highest BCUT2D eigenvalue weighted by molar-refractivity contribution is 8.01. The van der Waals surface area contributed by atoms with E-state index in [2.05, 4.69) is 11.6 Å².